The Kier molecular flexibility index (Phi) is 6.21. The molecule has 6 aromatic carbocycles. The van der Waals surface area contributed by atoms with Crippen molar-refractivity contribution in [3.63, 3.8) is 0 Å². The summed E-state index contributed by atoms with van der Waals surface area (Å²) >= 11 is 3.25. The van der Waals surface area contributed by atoms with Gasteiger partial charge < -0.3 is 0 Å². The Morgan fingerprint density at radius 1 is 0.357 bits per heavy atom. The van der Waals surface area contributed by atoms with E-state index >= 15 is 0 Å². The minimum atomic E-state index is 1.01. The average molecular weight is 573 g/mol. The maximum atomic E-state index is 4.60. The lowest BCUT2D eigenvalue weighted by molar-refractivity contribution is 1.41. The van der Waals surface area contributed by atoms with Gasteiger partial charge in [0.15, 0.2) is 0 Å². The van der Waals surface area contributed by atoms with Gasteiger partial charge in [0.2, 0.25) is 0 Å². The quantitative estimate of drug-likeness (QED) is 0.192. The van der Waals surface area contributed by atoms with E-state index in [2.05, 4.69) is 142 Å². The van der Waals surface area contributed by atoms with Gasteiger partial charge in [-0.1, -0.05) is 103 Å². The number of hydrogen-bond donors (Lipinski definition) is 0. The van der Waals surface area contributed by atoms with Crippen LogP contribution in [-0.2, 0) is 0 Å². The Balaban J connectivity index is 1.47. The highest BCUT2D eigenvalue weighted by Gasteiger charge is 2.18. The van der Waals surface area contributed by atoms with Crippen LogP contribution in [0.3, 0.4) is 0 Å². The van der Waals surface area contributed by atoms with Gasteiger partial charge in [0.25, 0.3) is 0 Å². The summed E-state index contributed by atoms with van der Waals surface area (Å²) in [6.45, 7) is 0. The first kappa shape index (κ1) is 24.9. The van der Waals surface area contributed by atoms with Gasteiger partial charge in [-0.3, -0.25) is 0 Å². The van der Waals surface area contributed by atoms with Crippen LogP contribution in [0.5, 0.6) is 0 Å². The van der Waals surface area contributed by atoms with E-state index in [-0.39, 0.29) is 0 Å². The van der Waals surface area contributed by atoms with Gasteiger partial charge in [0.1, 0.15) is 0 Å². The topological polar surface area (TPSA) is 25.8 Å². The Labute approximate surface area is 252 Å². The summed E-state index contributed by atoms with van der Waals surface area (Å²) in [5.41, 5.74) is 15.4. The Morgan fingerprint density at radius 3 is 1.43 bits per heavy atom. The summed E-state index contributed by atoms with van der Waals surface area (Å²) in [6.07, 6.45) is 0. The molecular formula is C38H24N2S2. The molecule has 8 aromatic rings. The normalized spacial score (nSPS) is 11.3. The zero-order valence-electron chi connectivity index (χ0n) is 22.6. The lowest BCUT2D eigenvalue weighted by Crippen LogP contribution is -1.92. The molecule has 0 radical (unpaired) electrons. The third-order valence-electron chi connectivity index (χ3n) is 7.89. The molecule has 2 aromatic heterocycles. The first-order valence-electron chi connectivity index (χ1n) is 13.9. The van der Waals surface area contributed by atoms with Gasteiger partial charge in [-0.25, -0.2) is 9.97 Å². The molecule has 0 saturated heterocycles. The Morgan fingerprint density at radius 2 is 0.857 bits per heavy atom. The lowest BCUT2D eigenvalue weighted by atomic mass is 9.84. The molecular weight excluding hydrogens is 549 g/mol. The van der Waals surface area contributed by atoms with Crippen LogP contribution in [0.25, 0.3) is 77.4 Å². The van der Waals surface area contributed by atoms with Gasteiger partial charge in [-0.05, 0) is 73.1 Å². The van der Waals surface area contributed by atoms with Crippen LogP contribution in [0.1, 0.15) is 0 Å². The average Bonchev–Trinajstić information content (AvgIpc) is 3.80. The molecule has 0 atom stereocenters. The summed E-state index contributed by atoms with van der Waals surface area (Å²) in [7, 11) is 0. The van der Waals surface area contributed by atoms with E-state index in [9.17, 15) is 0 Å². The van der Waals surface area contributed by atoms with Crippen LogP contribution in [0.15, 0.2) is 143 Å². The molecule has 0 aliphatic rings. The van der Waals surface area contributed by atoms with Crippen LogP contribution >= 0.6 is 22.7 Å². The van der Waals surface area contributed by atoms with Crippen LogP contribution in [-0.4, -0.2) is 9.97 Å². The maximum absolute atomic E-state index is 4.60. The Bertz CT molecular complexity index is 2180. The molecule has 0 aliphatic carbocycles. The van der Waals surface area contributed by atoms with Crippen LogP contribution < -0.4 is 0 Å². The fourth-order valence-corrected chi connectivity index (χ4v) is 7.11. The van der Waals surface area contributed by atoms with Gasteiger partial charge in [-0.15, -0.1) is 22.7 Å². The van der Waals surface area contributed by atoms with Crippen LogP contribution in [0.4, 0.5) is 0 Å². The third-order valence-corrected chi connectivity index (χ3v) is 9.06. The first-order valence-corrected chi connectivity index (χ1v) is 15.7. The summed E-state index contributed by atoms with van der Waals surface area (Å²) in [5.74, 6) is 0. The number of aromatic nitrogens is 2. The van der Waals surface area contributed by atoms with Crippen molar-refractivity contribution in [1.82, 2.24) is 9.97 Å². The van der Waals surface area contributed by atoms with E-state index in [4.69, 9.17) is 0 Å². The number of benzene rings is 6. The second kappa shape index (κ2) is 10.5. The van der Waals surface area contributed by atoms with Crippen molar-refractivity contribution in [3.8, 4) is 55.9 Å². The highest BCUT2D eigenvalue weighted by molar-refractivity contribution is 7.08. The molecule has 0 bridgehead atoms. The Hall–Kier alpha value is -4.90. The zero-order valence-corrected chi connectivity index (χ0v) is 24.2. The van der Waals surface area contributed by atoms with Crippen LogP contribution in [0, 0.1) is 0 Å². The third kappa shape index (κ3) is 4.33. The van der Waals surface area contributed by atoms with E-state index in [1.807, 2.05) is 11.0 Å². The smallest absolute Gasteiger partial charge is 0.0811 e. The van der Waals surface area contributed by atoms with Gasteiger partial charge in [-0.2, -0.15) is 0 Å². The summed E-state index contributed by atoms with van der Waals surface area (Å²) in [4.78, 5) is 9.19. The van der Waals surface area contributed by atoms with E-state index < -0.39 is 0 Å². The fraction of sp³-hybridized carbons (Fsp3) is 0. The van der Waals surface area contributed by atoms with Gasteiger partial charge in [0, 0.05) is 21.9 Å². The van der Waals surface area contributed by atoms with Crippen LogP contribution in [0.2, 0.25) is 0 Å². The van der Waals surface area contributed by atoms with Crippen molar-refractivity contribution in [1.29, 1.82) is 0 Å². The molecule has 198 valence electrons. The molecule has 0 spiro atoms. The molecule has 0 aliphatic heterocycles. The molecule has 0 amide bonds. The van der Waals surface area contributed by atoms with E-state index in [1.54, 1.807) is 22.7 Å². The molecule has 0 N–H and O–H groups in total. The number of hydrogen-bond acceptors (Lipinski definition) is 4. The fourth-order valence-electron chi connectivity index (χ4n) is 5.99. The van der Waals surface area contributed by atoms with Gasteiger partial charge in [0.05, 0.1) is 22.4 Å². The zero-order chi connectivity index (χ0) is 27.9. The van der Waals surface area contributed by atoms with Crippen molar-refractivity contribution >= 4 is 44.2 Å². The van der Waals surface area contributed by atoms with E-state index in [0.717, 1.165) is 22.5 Å². The largest absolute Gasteiger partial charge is 0.245 e. The summed E-state index contributed by atoms with van der Waals surface area (Å²) in [6, 6.07) is 44.0. The summed E-state index contributed by atoms with van der Waals surface area (Å²) < 4.78 is 0. The van der Waals surface area contributed by atoms with Crippen molar-refractivity contribution in [2.24, 2.45) is 0 Å². The second-order valence-electron chi connectivity index (χ2n) is 10.3. The number of thiazole rings is 2. The van der Waals surface area contributed by atoms with Crippen molar-refractivity contribution < 1.29 is 0 Å². The number of nitrogens with zero attached hydrogens (tertiary/aromatic N) is 2. The lowest BCUT2D eigenvalue weighted by Gasteiger charge is -2.19. The molecule has 2 nitrogen and oxygen atoms in total. The molecule has 0 unspecified atom stereocenters. The molecule has 42 heavy (non-hydrogen) atoms. The van der Waals surface area contributed by atoms with E-state index in [0.29, 0.717) is 0 Å². The predicted octanol–water partition coefficient (Wildman–Crippen LogP) is 11.2. The van der Waals surface area contributed by atoms with Crippen molar-refractivity contribution in [2.75, 3.05) is 0 Å². The molecule has 0 saturated carbocycles. The molecule has 0 fully saturated rings. The summed E-state index contributed by atoms with van der Waals surface area (Å²) in [5, 5.41) is 9.17. The minimum absolute atomic E-state index is 1.01. The predicted molar refractivity (Wildman–Crippen MR) is 180 cm³/mol. The van der Waals surface area contributed by atoms with Crippen molar-refractivity contribution in [3.05, 3.63) is 143 Å². The highest BCUT2D eigenvalue weighted by Crippen LogP contribution is 2.45. The molecule has 4 heteroatoms. The highest BCUT2D eigenvalue weighted by atomic mass is 32.1. The second-order valence-corrected chi connectivity index (χ2v) is 11.8. The van der Waals surface area contributed by atoms with Crippen molar-refractivity contribution in [2.45, 2.75) is 0 Å². The SMILES string of the molecule is c1ccc(-c2ccc3c(-c4cccc(-c5cscn5)c4)c4ccccc4c(-c4cccc(-c5cscn5)c4)c3c2)cc1. The first-order chi connectivity index (χ1) is 20.8. The number of rotatable bonds is 5. The number of fused-ring (bicyclic) bond motifs is 2. The standard InChI is InChI=1S/C38H24N2S2/c1-2-8-25(9-3-1)26-16-17-33-34(20-26)38(30-13-7-11-28(19-30)36-22-42-24-40-36)32-15-5-4-14-31(32)37(33)29-12-6-10-27(18-29)35-21-41-23-39-35/h1-24H. The van der Waals surface area contributed by atoms with Gasteiger partial charge >= 0.3 is 0 Å². The maximum Gasteiger partial charge on any atom is 0.0811 e. The van der Waals surface area contributed by atoms with E-state index in [1.165, 1.54) is 54.9 Å². The monoisotopic (exact) mass is 572 g/mol. The molecule has 8 rings (SSSR count). The molecule has 2 heterocycles. The minimum Gasteiger partial charge on any atom is -0.245 e.